The molecule has 0 saturated carbocycles. The smallest absolute Gasteiger partial charge is 0.224 e. The third-order valence-corrected chi connectivity index (χ3v) is 6.00. The highest BCUT2D eigenvalue weighted by atomic mass is 16.7. The fourth-order valence-corrected chi connectivity index (χ4v) is 4.08. The number of hydrogen-bond acceptors (Lipinski definition) is 8. The Labute approximate surface area is 187 Å². The second kappa shape index (κ2) is 9.96. The minimum absolute atomic E-state index is 0.249. The Kier molecular flexibility index (Phi) is 7.51. The van der Waals surface area contributed by atoms with E-state index in [1.165, 1.54) is 25.8 Å². The molecule has 3 rings (SSSR count). The molecule has 0 aliphatic carbocycles. The van der Waals surface area contributed by atoms with Gasteiger partial charge in [0.25, 0.3) is 0 Å². The van der Waals surface area contributed by atoms with Crippen molar-refractivity contribution in [3.05, 3.63) is 64.2 Å². The van der Waals surface area contributed by atoms with E-state index in [0.29, 0.717) is 17.5 Å². The van der Waals surface area contributed by atoms with Crippen molar-refractivity contribution in [2.75, 3.05) is 20.8 Å². The van der Waals surface area contributed by atoms with Gasteiger partial charge in [-0.1, -0.05) is 31.2 Å². The predicted octanol–water partition coefficient (Wildman–Crippen LogP) is 0.993. The number of nitriles is 1. The molecule has 2 aromatic carbocycles. The van der Waals surface area contributed by atoms with Crippen LogP contribution in [0.4, 0.5) is 0 Å². The molecular formula is C24H29NO7. The Hall–Kier alpha value is -2.51. The Morgan fingerprint density at radius 3 is 2.25 bits per heavy atom. The van der Waals surface area contributed by atoms with E-state index in [1.807, 2.05) is 24.3 Å². The Morgan fingerprint density at radius 1 is 1.06 bits per heavy atom. The van der Waals surface area contributed by atoms with Crippen molar-refractivity contribution in [1.29, 1.82) is 5.26 Å². The van der Waals surface area contributed by atoms with Gasteiger partial charge in [0.1, 0.15) is 36.2 Å². The van der Waals surface area contributed by atoms with Crippen LogP contribution in [0.1, 0.15) is 34.7 Å². The van der Waals surface area contributed by atoms with Gasteiger partial charge in [0.15, 0.2) is 0 Å². The zero-order valence-corrected chi connectivity index (χ0v) is 18.4. The van der Waals surface area contributed by atoms with Crippen molar-refractivity contribution >= 4 is 0 Å². The molecule has 8 heteroatoms. The summed E-state index contributed by atoms with van der Waals surface area (Å²) in [7, 11) is 2.71. The van der Waals surface area contributed by atoms with E-state index >= 15 is 0 Å². The second-order valence-corrected chi connectivity index (χ2v) is 7.81. The maximum Gasteiger partial charge on any atom is 0.224 e. The summed E-state index contributed by atoms with van der Waals surface area (Å²) >= 11 is 0. The van der Waals surface area contributed by atoms with Gasteiger partial charge < -0.3 is 34.6 Å². The molecular weight excluding hydrogens is 414 g/mol. The standard InChI is InChI=1S/C24H29NO7/c1-4-14-5-7-15(8-6-14)9-16-10-17(11-19(30-2)18(16)12-25)24(31-3)23(29)22(28)21(27)20(13-26)32-24/h5-8,10-11,20-23,26-29H,4,9,13H2,1-3H3/t20?,21-,22+,23-,24+/m1/s1. The summed E-state index contributed by atoms with van der Waals surface area (Å²) in [6, 6.07) is 13.3. The molecule has 1 heterocycles. The third-order valence-electron chi connectivity index (χ3n) is 6.00. The summed E-state index contributed by atoms with van der Waals surface area (Å²) in [5.74, 6) is -1.65. The fraction of sp³-hybridized carbons (Fsp3) is 0.458. The lowest BCUT2D eigenvalue weighted by molar-refractivity contribution is -0.366. The maximum atomic E-state index is 10.8. The van der Waals surface area contributed by atoms with Crippen LogP contribution in [0.3, 0.4) is 0 Å². The van der Waals surface area contributed by atoms with Crippen LogP contribution in [0.5, 0.6) is 5.75 Å². The van der Waals surface area contributed by atoms with Crippen LogP contribution < -0.4 is 4.74 Å². The molecule has 1 unspecified atom stereocenters. The van der Waals surface area contributed by atoms with E-state index in [1.54, 1.807) is 6.07 Å². The van der Waals surface area contributed by atoms with Gasteiger partial charge in [0.2, 0.25) is 5.79 Å². The summed E-state index contributed by atoms with van der Waals surface area (Å²) in [6.07, 6.45) is -4.68. The van der Waals surface area contributed by atoms with E-state index in [4.69, 9.17) is 14.2 Å². The first-order valence-corrected chi connectivity index (χ1v) is 10.4. The Morgan fingerprint density at radius 2 is 1.72 bits per heavy atom. The largest absolute Gasteiger partial charge is 0.495 e. The van der Waals surface area contributed by atoms with Crippen LogP contribution in [0.25, 0.3) is 0 Å². The molecule has 2 aromatic rings. The van der Waals surface area contributed by atoms with E-state index in [0.717, 1.165) is 12.0 Å². The number of aryl methyl sites for hydroxylation is 1. The van der Waals surface area contributed by atoms with Crippen LogP contribution in [-0.2, 0) is 28.1 Å². The van der Waals surface area contributed by atoms with Crippen molar-refractivity contribution in [1.82, 2.24) is 0 Å². The molecule has 0 amide bonds. The lowest BCUT2D eigenvalue weighted by Crippen LogP contribution is -2.64. The summed E-state index contributed by atoms with van der Waals surface area (Å²) in [6.45, 7) is 1.47. The number of aliphatic hydroxyl groups excluding tert-OH is 4. The average molecular weight is 443 g/mol. The maximum absolute atomic E-state index is 10.8. The van der Waals surface area contributed by atoms with Gasteiger partial charge >= 0.3 is 0 Å². The number of ether oxygens (including phenoxy) is 3. The molecule has 0 radical (unpaired) electrons. The fourth-order valence-electron chi connectivity index (χ4n) is 4.08. The topological polar surface area (TPSA) is 132 Å². The molecule has 1 saturated heterocycles. The summed E-state index contributed by atoms with van der Waals surface area (Å²) in [5, 5.41) is 50.7. The molecule has 0 spiro atoms. The average Bonchev–Trinajstić information content (AvgIpc) is 2.83. The number of methoxy groups -OCH3 is 2. The minimum Gasteiger partial charge on any atom is -0.495 e. The molecule has 8 nitrogen and oxygen atoms in total. The molecule has 172 valence electrons. The lowest BCUT2D eigenvalue weighted by Gasteiger charge is -2.47. The molecule has 1 fully saturated rings. The van der Waals surface area contributed by atoms with Crippen molar-refractivity contribution in [2.45, 2.75) is 50.0 Å². The summed E-state index contributed by atoms with van der Waals surface area (Å²) in [4.78, 5) is 0. The Balaban J connectivity index is 2.13. The lowest BCUT2D eigenvalue weighted by atomic mass is 9.85. The first-order valence-electron chi connectivity index (χ1n) is 10.4. The predicted molar refractivity (Wildman–Crippen MR) is 115 cm³/mol. The highest BCUT2D eigenvalue weighted by molar-refractivity contribution is 5.54. The quantitative estimate of drug-likeness (QED) is 0.498. The van der Waals surface area contributed by atoms with Crippen LogP contribution in [0.15, 0.2) is 36.4 Å². The van der Waals surface area contributed by atoms with Gasteiger partial charge in [0.05, 0.1) is 19.3 Å². The van der Waals surface area contributed by atoms with E-state index < -0.39 is 36.8 Å². The molecule has 32 heavy (non-hydrogen) atoms. The van der Waals surface area contributed by atoms with E-state index in [2.05, 4.69) is 13.0 Å². The SMILES string of the molecule is CCc1ccc(Cc2cc([C@]3(OC)OC(CO)[C@@H](O)[C@H](O)[C@H]3O)cc(OC)c2C#N)cc1. The van der Waals surface area contributed by atoms with Gasteiger partial charge in [-0.15, -0.1) is 0 Å². The number of hydrogen-bond donors (Lipinski definition) is 4. The highest BCUT2D eigenvalue weighted by Crippen LogP contribution is 2.42. The van der Waals surface area contributed by atoms with Gasteiger partial charge in [-0.3, -0.25) is 0 Å². The molecule has 1 aliphatic heterocycles. The molecule has 0 aromatic heterocycles. The van der Waals surface area contributed by atoms with Gasteiger partial charge in [-0.25, -0.2) is 0 Å². The normalized spacial score (nSPS) is 27.7. The van der Waals surface area contributed by atoms with Gasteiger partial charge in [-0.2, -0.15) is 5.26 Å². The first-order chi connectivity index (χ1) is 15.3. The monoisotopic (exact) mass is 443 g/mol. The van der Waals surface area contributed by atoms with Gasteiger partial charge in [0, 0.05) is 12.7 Å². The van der Waals surface area contributed by atoms with Crippen LogP contribution in [0, 0.1) is 11.3 Å². The van der Waals surface area contributed by atoms with Crippen molar-refractivity contribution < 1.29 is 34.6 Å². The zero-order valence-electron chi connectivity index (χ0n) is 18.4. The number of benzene rings is 2. The minimum atomic E-state index is -1.89. The molecule has 1 aliphatic rings. The zero-order chi connectivity index (χ0) is 23.5. The van der Waals surface area contributed by atoms with E-state index in [9.17, 15) is 25.7 Å². The van der Waals surface area contributed by atoms with Crippen LogP contribution in [0.2, 0.25) is 0 Å². The number of aliphatic hydroxyl groups is 4. The molecule has 0 bridgehead atoms. The van der Waals surface area contributed by atoms with Crippen molar-refractivity contribution in [3.8, 4) is 11.8 Å². The summed E-state index contributed by atoms with van der Waals surface area (Å²) in [5.41, 5.74) is 3.39. The van der Waals surface area contributed by atoms with E-state index in [-0.39, 0.29) is 11.3 Å². The Bertz CT molecular complexity index is 970. The highest BCUT2D eigenvalue weighted by Gasteiger charge is 2.55. The summed E-state index contributed by atoms with van der Waals surface area (Å²) < 4.78 is 16.8. The third kappa shape index (κ3) is 4.24. The number of nitrogens with zero attached hydrogens (tertiary/aromatic N) is 1. The van der Waals surface area contributed by atoms with Gasteiger partial charge in [-0.05, 0) is 41.7 Å². The molecule has 4 N–H and O–H groups in total. The van der Waals surface area contributed by atoms with Crippen molar-refractivity contribution in [2.24, 2.45) is 0 Å². The second-order valence-electron chi connectivity index (χ2n) is 7.81. The number of rotatable bonds is 7. The molecule has 5 atom stereocenters. The van der Waals surface area contributed by atoms with Crippen molar-refractivity contribution in [3.63, 3.8) is 0 Å². The van der Waals surface area contributed by atoms with Crippen LogP contribution in [-0.4, -0.2) is 65.7 Å². The van der Waals surface area contributed by atoms with Crippen LogP contribution >= 0.6 is 0 Å². The first kappa shape index (κ1) is 24.1.